The van der Waals surface area contributed by atoms with Crippen LogP contribution in [0.15, 0.2) is 0 Å². The monoisotopic (exact) mass is 283 g/mol. The van der Waals surface area contributed by atoms with Crippen LogP contribution in [0.25, 0.3) is 0 Å². The Morgan fingerprint density at radius 2 is 1.95 bits per heavy atom. The molecule has 1 N–H and O–H groups in total. The van der Waals surface area contributed by atoms with Crippen molar-refractivity contribution in [2.75, 3.05) is 6.54 Å². The van der Waals surface area contributed by atoms with Gasteiger partial charge in [-0.3, -0.25) is 4.79 Å². The molecule has 0 aromatic heterocycles. The molecule has 1 rings (SSSR count). The summed E-state index contributed by atoms with van der Waals surface area (Å²) in [6, 6.07) is 0.248. The molecule has 3 heteroatoms. The number of piperidine rings is 1. The maximum atomic E-state index is 12.5. The maximum Gasteiger partial charge on any atom is 0.223 e. The van der Waals surface area contributed by atoms with Gasteiger partial charge in [0, 0.05) is 19.0 Å². The molecule has 0 aliphatic carbocycles. The summed E-state index contributed by atoms with van der Waals surface area (Å²) in [7, 11) is 0. The molecule has 3 nitrogen and oxygen atoms in total. The van der Waals surface area contributed by atoms with Gasteiger partial charge in [-0.25, -0.2) is 0 Å². The molecule has 0 spiro atoms. The SMILES string of the molecule is CC(O)CC1CCCCN1C(=O)CC(C)CC(C)(C)C. The van der Waals surface area contributed by atoms with Crippen LogP contribution in [0.4, 0.5) is 0 Å². The van der Waals surface area contributed by atoms with E-state index >= 15 is 0 Å². The molecular weight excluding hydrogens is 250 g/mol. The van der Waals surface area contributed by atoms with E-state index in [1.54, 1.807) is 0 Å². The number of amides is 1. The van der Waals surface area contributed by atoms with E-state index in [1.807, 2.05) is 11.8 Å². The summed E-state index contributed by atoms with van der Waals surface area (Å²) in [4.78, 5) is 14.6. The molecule has 0 radical (unpaired) electrons. The fraction of sp³-hybridized carbons (Fsp3) is 0.941. The van der Waals surface area contributed by atoms with Gasteiger partial charge in [-0.15, -0.1) is 0 Å². The van der Waals surface area contributed by atoms with Gasteiger partial charge >= 0.3 is 0 Å². The van der Waals surface area contributed by atoms with E-state index < -0.39 is 0 Å². The van der Waals surface area contributed by atoms with Gasteiger partial charge < -0.3 is 10.0 Å². The van der Waals surface area contributed by atoms with E-state index in [4.69, 9.17) is 0 Å². The largest absolute Gasteiger partial charge is 0.393 e. The lowest BCUT2D eigenvalue weighted by molar-refractivity contribution is -0.136. The predicted octanol–water partition coefficient (Wildman–Crippen LogP) is 3.60. The van der Waals surface area contributed by atoms with Crippen LogP contribution in [-0.4, -0.2) is 34.6 Å². The second-order valence-corrected chi connectivity index (χ2v) is 7.90. The minimum absolute atomic E-state index is 0.248. The number of hydrogen-bond acceptors (Lipinski definition) is 2. The highest BCUT2D eigenvalue weighted by molar-refractivity contribution is 5.76. The second kappa shape index (κ2) is 7.44. The lowest BCUT2D eigenvalue weighted by Gasteiger charge is -2.37. The Labute approximate surface area is 124 Å². The van der Waals surface area contributed by atoms with E-state index in [2.05, 4.69) is 27.7 Å². The predicted molar refractivity (Wildman–Crippen MR) is 83.5 cm³/mol. The fourth-order valence-electron chi connectivity index (χ4n) is 3.50. The van der Waals surface area contributed by atoms with Crippen LogP contribution in [-0.2, 0) is 4.79 Å². The first-order valence-electron chi connectivity index (χ1n) is 8.16. The average molecular weight is 283 g/mol. The van der Waals surface area contributed by atoms with Crippen molar-refractivity contribution in [2.45, 2.75) is 85.3 Å². The summed E-state index contributed by atoms with van der Waals surface area (Å²) >= 11 is 0. The van der Waals surface area contributed by atoms with Crippen molar-refractivity contribution in [1.29, 1.82) is 0 Å². The van der Waals surface area contributed by atoms with E-state index in [0.717, 1.165) is 32.2 Å². The van der Waals surface area contributed by atoms with Gasteiger partial charge in [0.05, 0.1) is 6.10 Å². The number of rotatable bonds is 5. The Morgan fingerprint density at radius 3 is 2.50 bits per heavy atom. The van der Waals surface area contributed by atoms with E-state index in [1.165, 1.54) is 6.42 Å². The highest BCUT2D eigenvalue weighted by Crippen LogP contribution is 2.28. The molecule has 1 fully saturated rings. The summed E-state index contributed by atoms with van der Waals surface area (Å²) in [5, 5.41) is 9.60. The quantitative estimate of drug-likeness (QED) is 0.837. The molecule has 0 aromatic rings. The third kappa shape index (κ3) is 6.25. The lowest BCUT2D eigenvalue weighted by atomic mass is 9.84. The molecule has 20 heavy (non-hydrogen) atoms. The van der Waals surface area contributed by atoms with E-state index in [9.17, 15) is 9.90 Å². The van der Waals surface area contributed by atoms with Crippen molar-refractivity contribution >= 4 is 5.91 Å². The number of aliphatic hydroxyl groups excluding tert-OH is 1. The first-order valence-corrected chi connectivity index (χ1v) is 8.16. The zero-order valence-electron chi connectivity index (χ0n) is 14.0. The van der Waals surface area contributed by atoms with Crippen LogP contribution < -0.4 is 0 Å². The molecule has 0 aromatic carbocycles. The Balaban J connectivity index is 2.54. The second-order valence-electron chi connectivity index (χ2n) is 7.90. The lowest BCUT2D eigenvalue weighted by Crippen LogP contribution is -2.45. The van der Waals surface area contributed by atoms with Crippen molar-refractivity contribution < 1.29 is 9.90 Å². The molecule has 3 atom stereocenters. The van der Waals surface area contributed by atoms with Crippen LogP contribution in [0.1, 0.15) is 73.1 Å². The smallest absolute Gasteiger partial charge is 0.223 e. The minimum Gasteiger partial charge on any atom is -0.393 e. The van der Waals surface area contributed by atoms with Crippen molar-refractivity contribution in [3.8, 4) is 0 Å². The zero-order valence-corrected chi connectivity index (χ0v) is 14.0. The molecule has 1 amide bonds. The van der Waals surface area contributed by atoms with Gasteiger partial charge in [0.15, 0.2) is 0 Å². The van der Waals surface area contributed by atoms with E-state index in [-0.39, 0.29) is 23.5 Å². The topological polar surface area (TPSA) is 40.5 Å². The van der Waals surface area contributed by atoms with Gasteiger partial charge in [-0.1, -0.05) is 27.7 Å². The average Bonchev–Trinajstić information content (AvgIpc) is 2.25. The Bertz CT molecular complexity index is 307. The number of nitrogens with zero attached hydrogens (tertiary/aromatic N) is 1. The van der Waals surface area contributed by atoms with E-state index in [0.29, 0.717) is 12.3 Å². The highest BCUT2D eigenvalue weighted by Gasteiger charge is 2.28. The Hall–Kier alpha value is -0.570. The standard InChI is InChI=1S/C17H33NO2/c1-13(12-17(3,4)5)10-16(20)18-9-7-6-8-15(18)11-14(2)19/h13-15,19H,6-12H2,1-5H3. The molecule has 3 unspecified atom stereocenters. The number of aliphatic hydroxyl groups is 1. The van der Waals surface area contributed by atoms with Crippen LogP contribution in [0.2, 0.25) is 0 Å². The van der Waals surface area contributed by atoms with Gasteiger partial charge in [-0.05, 0) is 50.4 Å². The molecule has 1 aliphatic rings. The number of hydrogen-bond donors (Lipinski definition) is 1. The van der Waals surface area contributed by atoms with Crippen molar-refractivity contribution in [3.63, 3.8) is 0 Å². The van der Waals surface area contributed by atoms with Gasteiger partial charge in [0.2, 0.25) is 5.91 Å². The van der Waals surface area contributed by atoms with Gasteiger partial charge in [-0.2, -0.15) is 0 Å². The third-order valence-electron chi connectivity index (χ3n) is 4.04. The van der Waals surface area contributed by atoms with Crippen LogP contribution in [0.3, 0.4) is 0 Å². The highest BCUT2D eigenvalue weighted by atomic mass is 16.3. The molecule has 118 valence electrons. The molecule has 0 saturated carbocycles. The summed E-state index contributed by atoms with van der Waals surface area (Å²) < 4.78 is 0. The van der Waals surface area contributed by atoms with Gasteiger partial charge in [0.25, 0.3) is 0 Å². The summed E-state index contributed by atoms with van der Waals surface area (Å²) in [6.07, 6.45) is 5.46. The summed E-state index contributed by atoms with van der Waals surface area (Å²) in [5.74, 6) is 0.712. The molecule has 0 bridgehead atoms. The number of carbonyl (C=O) groups is 1. The molecule has 1 aliphatic heterocycles. The van der Waals surface area contributed by atoms with Crippen LogP contribution >= 0.6 is 0 Å². The van der Waals surface area contributed by atoms with Gasteiger partial charge in [0.1, 0.15) is 0 Å². The summed E-state index contributed by atoms with van der Waals surface area (Å²) in [6.45, 7) is 11.6. The molecule has 1 heterocycles. The normalized spacial score (nSPS) is 23.5. The van der Waals surface area contributed by atoms with Crippen LogP contribution in [0, 0.1) is 11.3 Å². The van der Waals surface area contributed by atoms with Crippen molar-refractivity contribution in [3.05, 3.63) is 0 Å². The number of carbonyl (C=O) groups excluding carboxylic acids is 1. The minimum atomic E-state index is -0.319. The molecule has 1 saturated heterocycles. The first kappa shape index (κ1) is 17.5. The number of likely N-dealkylation sites (tertiary alicyclic amines) is 1. The maximum absolute atomic E-state index is 12.5. The Kier molecular flexibility index (Phi) is 6.50. The first-order chi connectivity index (χ1) is 9.19. The summed E-state index contributed by atoms with van der Waals surface area (Å²) in [5.41, 5.74) is 0.278. The van der Waals surface area contributed by atoms with Crippen molar-refractivity contribution in [2.24, 2.45) is 11.3 Å². The Morgan fingerprint density at radius 1 is 1.30 bits per heavy atom. The fourth-order valence-corrected chi connectivity index (χ4v) is 3.50. The van der Waals surface area contributed by atoms with Crippen molar-refractivity contribution in [1.82, 2.24) is 4.90 Å². The zero-order chi connectivity index (χ0) is 15.3. The third-order valence-corrected chi connectivity index (χ3v) is 4.04. The van der Waals surface area contributed by atoms with Crippen LogP contribution in [0.5, 0.6) is 0 Å². The molecular formula is C17H33NO2.